The van der Waals surface area contributed by atoms with Gasteiger partial charge in [0.1, 0.15) is 5.41 Å². The molecule has 1 heterocycles. The average molecular weight is 391 g/mol. The number of anilines is 1. The predicted molar refractivity (Wildman–Crippen MR) is 112 cm³/mol. The lowest BCUT2D eigenvalue weighted by molar-refractivity contribution is -0.150. The Morgan fingerprint density at radius 1 is 1.14 bits per heavy atom. The molecule has 0 fully saturated rings. The van der Waals surface area contributed by atoms with Crippen molar-refractivity contribution in [2.75, 3.05) is 19.1 Å². The van der Waals surface area contributed by atoms with Crippen molar-refractivity contribution in [2.45, 2.75) is 25.3 Å². The first kappa shape index (κ1) is 20.5. The van der Waals surface area contributed by atoms with Gasteiger partial charge in [-0.3, -0.25) is 14.4 Å². The molecular formula is C24H25NO4. The van der Waals surface area contributed by atoms with Crippen LogP contribution in [-0.2, 0) is 9.53 Å². The van der Waals surface area contributed by atoms with E-state index in [1.807, 2.05) is 36.2 Å². The highest BCUT2D eigenvalue weighted by Crippen LogP contribution is 2.39. The van der Waals surface area contributed by atoms with E-state index in [4.69, 9.17) is 4.74 Å². The molecule has 0 spiro atoms. The van der Waals surface area contributed by atoms with Crippen LogP contribution in [0, 0.1) is 5.41 Å². The summed E-state index contributed by atoms with van der Waals surface area (Å²) < 4.78 is 5.04. The first-order valence-corrected chi connectivity index (χ1v) is 9.61. The minimum absolute atomic E-state index is 0.00706. The maximum absolute atomic E-state index is 13.4. The number of rotatable bonds is 8. The SMILES string of the molecule is C=CCC(CCC1C(=O)c2ccccc2N1C)(C(=O)OC)C(=O)c1ccccc1. The molecular weight excluding hydrogens is 366 g/mol. The second-order valence-electron chi connectivity index (χ2n) is 7.31. The van der Waals surface area contributed by atoms with Crippen LogP contribution >= 0.6 is 0 Å². The Kier molecular flexibility index (Phi) is 5.97. The number of hydrogen-bond acceptors (Lipinski definition) is 5. The lowest BCUT2D eigenvalue weighted by atomic mass is 9.73. The molecule has 0 aliphatic carbocycles. The molecule has 0 bridgehead atoms. The third kappa shape index (κ3) is 3.60. The summed E-state index contributed by atoms with van der Waals surface area (Å²) >= 11 is 0. The molecule has 1 aliphatic rings. The number of carbonyl (C=O) groups excluding carboxylic acids is 3. The number of benzene rings is 2. The number of ketones is 2. The molecule has 2 aromatic carbocycles. The Balaban J connectivity index is 1.92. The quantitative estimate of drug-likeness (QED) is 0.294. The summed E-state index contributed by atoms with van der Waals surface area (Å²) in [6.45, 7) is 3.74. The fourth-order valence-corrected chi connectivity index (χ4v) is 4.11. The fourth-order valence-electron chi connectivity index (χ4n) is 4.11. The van der Waals surface area contributed by atoms with Crippen LogP contribution < -0.4 is 4.90 Å². The molecule has 0 saturated heterocycles. The van der Waals surface area contributed by atoms with Gasteiger partial charge in [0.05, 0.1) is 13.2 Å². The minimum atomic E-state index is -1.41. The van der Waals surface area contributed by atoms with E-state index in [-0.39, 0.29) is 24.4 Å². The molecule has 0 aromatic heterocycles. The molecule has 29 heavy (non-hydrogen) atoms. The maximum atomic E-state index is 13.4. The standard InChI is InChI=1S/C24H25NO4/c1-4-15-24(23(28)29-3,22(27)17-10-6-5-7-11-17)16-14-20-21(26)18-12-8-9-13-19(18)25(20)2/h4-13,20H,1,14-16H2,2-3H3. The molecule has 2 atom stereocenters. The van der Waals surface area contributed by atoms with E-state index in [1.54, 1.807) is 36.4 Å². The summed E-state index contributed by atoms with van der Waals surface area (Å²) in [7, 11) is 3.14. The maximum Gasteiger partial charge on any atom is 0.320 e. The molecule has 0 N–H and O–H groups in total. The van der Waals surface area contributed by atoms with Crippen molar-refractivity contribution in [1.82, 2.24) is 0 Å². The molecule has 0 amide bonds. The summed E-state index contributed by atoms with van der Waals surface area (Å²) in [6.07, 6.45) is 2.25. The van der Waals surface area contributed by atoms with Gasteiger partial charge in [0.2, 0.25) is 0 Å². The number of para-hydroxylation sites is 1. The van der Waals surface area contributed by atoms with Crippen molar-refractivity contribution in [2.24, 2.45) is 5.41 Å². The van der Waals surface area contributed by atoms with Gasteiger partial charge in [-0.05, 0) is 31.4 Å². The van der Waals surface area contributed by atoms with Crippen molar-refractivity contribution in [3.63, 3.8) is 0 Å². The van der Waals surface area contributed by atoms with Crippen LogP contribution in [0.25, 0.3) is 0 Å². The van der Waals surface area contributed by atoms with E-state index < -0.39 is 17.4 Å². The number of esters is 1. The molecule has 2 unspecified atom stereocenters. The highest BCUT2D eigenvalue weighted by molar-refractivity contribution is 6.13. The number of methoxy groups -OCH3 is 1. The summed E-state index contributed by atoms with van der Waals surface area (Å²) in [4.78, 5) is 41.0. The summed E-state index contributed by atoms with van der Waals surface area (Å²) in [5.74, 6) is -0.903. The first-order chi connectivity index (χ1) is 14.0. The average Bonchev–Trinajstić information content (AvgIpc) is 3.01. The van der Waals surface area contributed by atoms with E-state index in [0.717, 1.165) is 5.69 Å². The summed E-state index contributed by atoms with van der Waals surface area (Å²) in [5.41, 5.74) is 0.563. The van der Waals surface area contributed by atoms with Gasteiger partial charge in [-0.25, -0.2) is 0 Å². The third-order valence-corrected chi connectivity index (χ3v) is 5.70. The van der Waals surface area contributed by atoms with Gasteiger partial charge >= 0.3 is 5.97 Å². The van der Waals surface area contributed by atoms with E-state index in [9.17, 15) is 14.4 Å². The highest BCUT2D eigenvalue weighted by atomic mass is 16.5. The van der Waals surface area contributed by atoms with E-state index in [1.165, 1.54) is 7.11 Å². The third-order valence-electron chi connectivity index (χ3n) is 5.70. The smallest absolute Gasteiger partial charge is 0.320 e. The van der Waals surface area contributed by atoms with Gasteiger partial charge in [-0.1, -0.05) is 48.5 Å². The Bertz CT molecular complexity index is 937. The predicted octanol–water partition coefficient (Wildman–Crippen LogP) is 4.09. The second-order valence-corrected chi connectivity index (χ2v) is 7.31. The normalized spacial score (nSPS) is 17.4. The van der Waals surface area contributed by atoms with E-state index in [0.29, 0.717) is 17.5 Å². The van der Waals surface area contributed by atoms with Crippen LogP contribution in [0.4, 0.5) is 5.69 Å². The first-order valence-electron chi connectivity index (χ1n) is 9.61. The lowest BCUT2D eigenvalue weighted by Crippen LogP contribution is -2.42. The van der Waals surface area contributed by atoms with Gasteiger partial charge in [0.15, 0.2) is 11.6 Å². The van der Waals surface area contributed by atoms with Crippen molar-refractivity contribution >= 4 is 23.2 Å². The molecule has 5 nitrogen and oxygen atoms in total. The van der Waals surface area contributed by atoms with Gasteiger partial charge in [-0.15, -0.1) is 6.58 Å². The van der Waals surface area contributed by atoms with Crippen LogP contribution in [0.15, 0.2) is 67.3 Å². The van der Waals surface area contributed by atoms with Gasteiger partial charge in [-0.2, -0.15) is 0 Å². The zero-order valence-electron chi connectivity index (χ0n) is 16.8. The second kappa shape index (κ2) is 8.43. The van der Waals surface area contributed by atoms with Gasteiger partial charge in [0, 0.05) is 23.9 Å². The number of Topliss-reactive ketones (excluding diaryl/α,β-unsaturated/α-hetero) is 2. The molecule has 150 valence electrons. The molecule has 1 aliphatic heterocycles. The van der Waals surface area contributed by atoms with E-state index >= 15 is 0 Å². The topological polar surface area (TPSA) is 63.7 Å². The van der Waals surface area contributed by atoms with Crippen molar-refractivity contribution in [3.8, 4) is 0 Å². The van der Waals surface area contributed by atoms with Gasteiger partial charge in [0.25, 0.3) is 0 Å². The minimum Gasteiger partial charge on any atom is -0.468 e. The summed E-state index contributed by atoms with van der Waals surface area (Å²) in [6, 6.07) is 15.7. The molecule has 5 heteroatoms. The van der Waals surface area contributed by atoms with Crippen molar-refractivity contribution in [1.29, 1.82) is 0 Å². The monoisotopic (exact) mass is 391 g/mol. The largest absolute Gasteiger partial charge is 0.468 e. The van der Waals surface area contributed by atoms with Crippen LogP contribution in [0.5, 0.6) is 0 Å². The Morgan fingerprint density at radius 3 is 2.41 bits per heavy atom. The molecule has 0 saturated carbocycles. The highest BCUT2D eigenvalue weighted by Gasteiger charge is 2.47. The van der Waals surface area contributed by atoms with Crippen LogP contribution in [0.3, 0.4) is 0 Å². The number of ether oxygens (including phenoxy) is 1. The number of nitrogens with zero attached hydrogens (tertiary/aromatic N) is 1. The summed E-state index contributed by atoms with van der Waals surface area (Å²) in [5, 5.41) is 0. The zero-order valence-corrected chi connectivity index (χ0v) is 16.8. The van der Waals surface area contributed by atoms with Crippen molar-refractivity contribution < 1.29 is 19.1 Å². The van der Waals surface area contributed by atoms with Crippen LogP contribution in [0.1, 0.15) is 40.0 Å². The van der Waals surface area contributed by atoms with Crippen LogP contribution in [0.2, 0.25) is 0 Å². The Hall–Kier alpha value is -3.21. The molecule has 3 rings (SSSR count). The number of allylic oxidation sites excluding steroid dienone is 1. The van der Waals surface area contributed by atoms with Gasteiger partial charge < -0.3 is 9.64 Å². The zero-order chi connectivity index (χ0) is 21.0. The Morgan fingerprint density at radius 2 is 1.79 bits per heavy atom. The van der Waals surface area contributed by atoms with E-state index in [2.05, 4.69) is 6.58 Å². The number of fused-ring (bicyclic) bond motifs is 1. The number of likely N-dealkylation sites (N-methyl/N-ethyl adjacent to an activating group) is 1. The number of carbonyl (C=O) groups is 3. The fraction of sp³-hybridized carbons (Fsp3) is 0.292. The number of hydrogen-bond donors (Lipinski definition) is 0. The Labute approximate surface area is 171 Å². The van der Waals surface area contributed by atoms with Crippen molar-refractivity contribution in [3.05, 3.63) is 78.4 Å². The molecule has 0 radical (unpaired) electrons. The van der Waals surface area contributed by atoms with Crippen LogP contribution in [-0.4, -0.2) is 37.7 Å². The molecule has 2 aromatic rings. The lowest BCUT2D eigenvalue weighted by Gasteiger charge is -2.31.